The van der Waals surface area contributed by atoms with Gasteiger partial charge in [0.25, 0.3) is 0 Å². The number of halogens is 2. The van der Waals surface area contributed by atoms with Crippen molar-refractivity contribution in [3.63, 3.8) is 0 Å². The van der Waals surface area contributed by atoms with Crippen LogP contribution in [0.1, 0.15) is 18.0 Å². The monoisotopic (exact) mass is 231 g/mol. The zero-order valence-corrected chi connectivity index (χ0v) is 8.54. The standard InChI is InChI=1S/C10H11F2NO3/c1-16-8-3-5(11)2-6(12)10(8)7(13)4-9(14)15/h2-3,7H,4,13H2,1H3,(H,14,15). The first kappa shape index (κ1) is 12.4. The maximum Gasteiger partial charge on any atom is 0.305 e. The first-order valence-electron chi connectivity index (χ1n) is 4.46. The molecule has 88 valence electrons. The van der Waals surface area contributed by atoms with E-state index in [9.17, 15) is 13.6 Å². The molecular weight excluding hydrogens is 220 g/mol. The van der Waals surface area contributed by atoms with Crippen LogP contribution >= 0.6 is 0 Å². The lowest BCUT2D eigenvalue weighted by molar-refractivity contribution is -0.137. The molecule has 4 nitrogen and oxygen atoms in total. The highest BCUT2D eigenvalue weighted by atomic mass is 19.1. The lowest BCUT2D eigenvalue weighted by Gasteiger charge is -2.14. The van der Waals surface area contributed by atoms with Gasteiger partial charge in [-0.05, 0) is 0 Å². The van der Waals surface area contributed by atoms with E-state index in [4.69, 9.17) is 15.6 Å². The van der Waals surface area contributed by atoms with Gasteiger partial charge in [0.1, 0.15) is 17.4 Å². The number of nitrogens with two attached hydrogens (primary N) is 1. The van der Waals surface area contributed by atoms with E-state index in [-0.39, 0.29) is 11.3 Å². The number of ether oxygens (including phenoxy) is 1. The average molecular weight is 231 g/mol. The molecule has 0 saturated heterocycles. The average Bonchev–Trinajstić information content (AvgIpc) is 2.14. The summed E-state index contributed by atoms with van der Waals surface area (Å²) in [5.41, 5.74) is 5.37. The van der Waals surface area contributed by atoms with Crippen LogP contribution in [0.15, 0.2) is 12.1 Å². The maximum absolute atomic E-state index is 13.4. The van der Waals surface area contributed by atoms with E-state index < -0.39 is 30.1 Å². The molecule has 0 bridgehead atoms. The minimum Gasteiger partial charge on any atom is -0.496 e. The summed E-state index contributed by atoms with van der Waals surface area (Å²) in [5.74, 6) is -2.98. The maximum atomic E-state index is 13.4. The molecule has 0 aliphatic rings. The van der Waals surface area contributed by atoms with Crippen LogP contribution in [0.2, 0.25) is 0 Å². The lowest BCUT2D eigenvalue weighted by Crippen LogP contribution is -2.17. The Labute approximate surface area is 90.6 Å². The SMILES string of the molecule is COc1cc(F)cc(F)c1C(N)CC(=O)O. The molecule has 0 radical (unpaired) electrons. The first-order valence-corrected chi connectivity index (χ1v) is 4.46. The van der Waals surface area contributed by atoms with Gasteiger partial charge in [0.05, 0.1) is 13.5 Å². The number of benzene rings is 1. The van der Waals surface area contributed by atoms with Crippen molar-refractivity contribution in [2.75, 3.05) is 7.11 Å². The molecule has 0 spiro atoms. The van der Waals surface area contributed by atoms with E-state index in [1.165, 1.54) is 7.11 Å². The van der Waals surface area contributed by atoms with Gasteiger partial charge in [-0.3, -0.25) is 4.79 Å². The van der Waals surface area contributed by atoms with E-state index >= 15 is 0 Å². The van der Waals surface area contributed by atoms with Crippen LogP contribution in [0, 0.1) is 11.6 Å². The lowest BCUT2D eigenvalue weighted by atomic mass is 10.0. The number of rotatable bonds is 4. The highest BCUT2D eigenvalue weighted by Crippen LogP contribution is 2.29. The van der Waals surface area contributed by atoms with Crippen molar-refractivity contribution in [1.29, 1.82) is 0 Å². The van der Waals surface area contributed by atoms with Gasteiger partial charge >= 0.3 is 5.97 Å². The molecule has 16 heavy (non-hydrogen) atoms. The molecule has 1 atom stereocenters. The van der Waals surface area contributed by atoms with Crippen molar-refractivity contribution in [3.05, 3.63) is 29.3 Å². The Balaban J connectivity index is 3.15. The number of hydrogen-bond donors (Lipinski definition) is 2. The fraction of sp³-hybridized carbons (Fsp3) is 0.300. The molecular formula is C10H11F2NO3. The highest BCUT2D eigenvalue weighted by molar-refractivity contribution is 5.68. The van der Waals surface area contributed by atoms with Crippen LogP contribution in [0.25, 0.3) is 0 Å². The second-order valence-corrected chi connectivity index (χ2v) is 3.21. The predicted octanol–water partition coefficient (Wildman–Crippen LogP) is 1.45. The van der Waals surface area contributed by atoms with Crippen LogP contribution < -0.4 is 10.5 Å². The third kappa shape index (κ3) is 2.66. The minimum absolute atomic E-state index is 0.0914. The van der Waals surface area contributed by atoms with Crippen molar-refractivity contribution in [2.24, 2.45) is 5.73 Å². The number of methoxy groups -OCH3 is 1. The number of aliphatic carboxylic acids is 1. The zero-order valence-electron chi connectivity index (χ0n) is 8.54. The summed E-state index contributed by atoms with van der Waals surface area (Å²) >= 11 is 0. The fourth-order valence-corrected chi connectivity index (χ4v) is 1.38. The van der Waals surface area contributed by atoms with E-state index in [2.05, 4.69) is 0 Å². The van der Waals surface area contributed by atoms with Gasteiger partial charge in [0.15, 0.2) is 0 Å². The zero-order chi connectivity index (χ0) is 12.3. The summed E-state index contributed by atoms with van der Waals surface area (Å²) in [6, 6.07) is 0.521. The van der Waals surface area contributed by atoms with Crippen molar-refractivity contribution in [1.82, 2.24) is 0 Å². The quantitative estimate of drug-likeness (QED) is 0.822. The van der Waals surface area contributed by atoms with Crippen molar-refractivity contribution in [2.45, 2.75) is 12.5 Å². The molecule has 1 rings (SSSR count). The van der Waals surface area contributed by atoms with Gasteiger partial charge in [0.2, 0.25) is 0 Å². The Morgan fingerprint density at radius 2 is 2.19 bits per heavy atom. The van der Waals surface area contributed by atoms with Crippen LogP contribution in [0.4, 0.5) is 8.78 Å². The molecule has 0 aliphatic heterocycles. The molecule has 0 fully saturated rings. The number of hydrogen-bond acceptors (Lipinski definition) is 3. The van der Waals surface area contributed by atoms with Crippen molar-refractivity contribution < 1.29 is 23.4 Å². The highest BCUT2D eigenvalue weighted by Gasteiger charge is 2.20. The van der Waals surface area contributed by atoms with Crippen LogP contribution in [-0.2, 0) is 4.79 Å². The minimum atomic E-state index is -1.17. The predicted molar refractivity (Wildman–Crippen MR) is 52.1 cm³/mol. The largest absolute Gasteiger partial charge is 0.496 e. The Morgan fingerprint density at radius 3 is 2.69 bits per heavy atom. The summed E-state index contributed by atoms with van der Waals surface area (Å²) in [5, 5.41) is 8.54. The summed E-state index contributed by atoms with van der Waals surface area (Å²) in [7, 11) is 1.23. The number of carboxylic acid groups (broad SMARTS) is 1. The molecule has 1 aromatic carbocycles. The summed E-state index contributed by atoms with van der Waals surface area (Å²) in [6.45, 7) is 0. The molecule has 6 heteroatoms. The fourth-order valence-electron chi connectivity index (χ4n) is 1.38. The second kappa shape index (κ2) is 4.89. The Kier molecular flexibility index (Phi) is 3.78. The molecule has 1 aromatic rings. The summed E-state index contributed by atoms with van der Waals surface area (Å²) in [4.78, 5) is 10.4. The molecule has 0 amide bonds. The topological polar surface area (TPSA) is 72.5 Å². The van der Waals surface area contributed by atoms with Crippen LogP contribution in [0.5, 0.6) is 5.75 Å². The summed E-state index contributed by atoms with van der Waals surface area (Å²) in [6.07, 6.45) is -0.459. The Morgan fingerprint density at radius 1 is 1.56 bits per heavy atom. The second-order valence-electron chi connectivity index (χ2n) is 3.21. The van der Waals surface area contributed by atoms with E-state index in [1.807, 2.05) is 0 Å². The van der Waals surface area contributed by atoms with Crippen molar-refractivity contribution >= 4 is 5.97 Å². The Bertz CT molecular complexity index is 409. The van der Waals surface area contributed by atoms with Gasteiger partial charge in [-0.1, -0.05) is 0 Å². The molecule has 0 aromatic heterocycles. The van der Waals surface area contributed by atoms with Crippen LogP contribution in [0.3, 0.4) is 0 Å². The Hall–Kier alpha value is -1.69. The first-order chi connectivity index (χ1) is 7.45. The molecule has 0 heterocycles. The third-order valence-electron chi connectivity index (χ3n) is 2.04. The van der Waals surface area contributed by atoms with Gasteiger partial charge < -0.3 is 15.6 Å². The van der Waals surface area contributed by atoms with Crippen LogP contribution in [-0.4, -0.2) is 18.2 Å². The number of carbonyl (C=O) groups is 1. The van der Waals surface area contributed by atoms with Gasteiger partial charge in [-0.25, -0.2) is 8.78 Å². The normalized spacial score (nSPS) is 12.2. The summed E-state index contributed by atoms with van der Waals surface area (Å²) < 4.78 is 31.0. The van der Waals surface area contributed by atoms with E-state index in [1.54, 1.807) is 0 Å². The van der Waals surface area contributed by atoms with Gasteiger partial charge in [-0.15, -0.1) is 0 Å². The smallest absolute Gasteiger partial charge is 0.305 e. The van der Waals surface area contributed by atoms with Gasteiger partial charge in [-0.2, -0.15) is 0 Å². The number of carboxylic acids is 1. The van der Waals surface area contributed by atoms with Gasteiger partial charge in [0, 0.05) is 23.7 Å². The molecule has 0 aliphatic carbocycles. The molecule has 3 N–H and O–H groups in total. The third-order valence-corrected chi connectivity index (χ3v) is 2.04. The van der Waals surface area contributed by atoms with Crippen molar-refractivity contribution in [3.8, 4) is 5.75 Å². The molecule has 1 unspecified atom stereocenters. The van der Waals surface area contributed by atoms with E-state index in [0.29, 0.717) is 6.07 Å². The molecule has 0 saturated carbocycles. The van der Waals surface area contributed by atoms with E-state index in [0.717, 1.165) is 6.07 Å².